The van der Waals surface area contributed by atoms with Crippen LogP contribution in [0.1, 0.15) is 37.3 Å². The zero-order chi connectivity index (χ0) is 12.3. The third-order valence-electron chi connectivity index (χ3n) is 3.40. The molecule has 0 amide bonds. The van der Waals surface area contributed by atoms with Crippen LogP contribution in [0.5, 0.6) is 0 Å². The quantitative estimate of drug-likeness (QED) is 0.856. The molecule has 4 nitrogen and oxygen atoms in total. The molecule has 2 atom stereocenters. The highest BCUT2D eigenvalue weighted by Gasteiger charge is 2.40. The second-order valence-electron chi connectivity index (χ2n) is 4.72. The Morgan fingerprint density at radius 1 is 1.53 bits per heavy atom. The number of methoxy groups -OCH3 is 1. The van der Waals surface area contributed by atoms with E-state index in [1.807, 2.05) is 19.2 Å². The van der Waals surface area contributed by atoms with Crippen LogP contribution >= 0.6 is 0 Å². The van der Waals surface area contributed by atoms with Gasteiger partial charge in [-0.25, -0.2) is 0 Å². The molecule has 1 fully saturated rings. The summed E-state index contributed by atoms with van der Waals surface area (Å²) in [6, 6.07) is 4.06. The predicted octanol–water partition coefficient (Wildman–Crippen LogP) is 2.26. The molecule has 17 heavy (non-hydrogen) atoms. The molecule has 1 aromatic heterocycles. The first kappa shape index (κ1) is 12.6. The van der Waals surface area contributed by atoms with Crippen molar-refractivity contribution in [1.29, 1.82) is 0 Å². The molecular weight excluding hydrogens is 218 g/mol. The molecule has 0 saturated carbocycles. The van der Waals surface area contributed by atoms with Crippen molar-refractivity contribution in [3.63, 3.8) is 0 Å². The third-order valence-corrected chi connectivity index (χ3v) is 3.40. The van der Waals surface area contributed by atoms with Gasteiger partial charge in [0.15, 0.2) is 0 Å². The lowest BCUT2D eigenvalue weighted by atomic mass is 9.91. The minimum atomic E-state index is -0.170. The Kier molecular flexibility index (Phi) is 3.86. The lowest BCUT2D eigenvalue weighted by molar-refractivity contribution is -0.0166. The molecule has 0 bridgehead atoms. The molecule has 2 unspecified atom stereocenters. The Morgan fingerprint density at radius 2 is 2.35 bits per heavy atom. The number of hydrogen-bond acceptors (Lipinski definition) is 4. The van der Waals surface area contributed by atoms with Gasteiger partial charge in [0.1, 0.15) is 18.1 Å². The normalized spacial score (nSPS) is 26.3. The molecule has 1 aliphatic rings. The fourth-order valence-corrected chi connectivity index (χ4v) is 2.55. The third kappa shape index (κ3) is 2.54. The summed E-state index contributed by atoms with van der Waals surface area (Å²) in [4.78, 5) is 0. The second kappa shape index (κ2) is 5.21. The smallest absolute Gasteiger partial charge is 0.129 e. The van der Waals surface area contributed by atoms with E-state index in [-0.39, 0.29) is 11.6 Å². The average molecular weight is 239 g/mol. The lowest BCUT2D eigenvalue weighted by Gasteiger charge is -2.31. The van der Waals surface area contributed by atoms with Crippen molar-refractivity contribution >= 4 is 0 Å². The highest BCUT2D eigenvalue weighted by Crippen LogP contribution is 2.37. The number of furan rings is 1. The fourth-order valence-electron chi connectivity index (χ4n) is 2.55. The molecule has 0 aliphatic carbocycles. The summed E-state index contributed by atoms with van der Waals surface area (Å²) in [7, 11) is 3.61. The molecule has 0 radical (unpaired) electrons. The Hall–Kier alpha value is -0.840. The largest absolute Gasteiger partial charge is 0.462 e. The van der Waals surface area contributed by atoms with Crippen LogP contribution in [0.3, 0.4) is 0 Å². The van der Waals surface area contributed by atoms with Crippen LogP contribution in [0.25, 0.3) is 0 Å². The second-order valence-corrected chi connectivity index (χ2v) is 4.72. The average Bonchev–Trinajstić information content (AvgIpc) is 2.91. The number of hydrogen-bond donors (Lipinski definition) is 1. The number of ether oxygens (including phenoxy) is 2. The first-order chi connectivity index (χ1) is 8.19. The Labute approximate surface area is 102 Å². The van der Waals surface area contributed by atoms with Crippen molar-refractivity contribution in [2.75, 3.05) is 20.8 Å². The standard InChI is InChI=1S/C13H21NO3/c1-13(7-4-8-16-13)12(14-2)11-6-5-10(17-11)9-15-3/h5-6,12,14H,4,7-9H2,1-3H3. The molecule has 2 rings (SSSR count). The summed E-state index contributed by atoms with van der Waals surface area (Å²) < 4.78 is 16.7. The molecule has 1 saturated heterocycles. The molecule has 1 N–H and O–H groups in total. The van der Waals surface area contributed by atoms with Crippen molar-refractivity contribution in [3.8, 4) is 0 Å². The van der Waals surface area contributed by atoms with Gasteiger partial charge in [-0.1, -0.05) is 0 Å². The Balaban J connectivity index is 2.16. The monoisotopic (exact) mass is 239 g/mol. The molecule has 96 valence electrons. The zero-order valence-electron chi connectivity index (χ0n) is 10.8. The predicted molar refractivity (Wildman–Crippen MR) is 64.8 cm³/mol. The highest BCUT2D eigenvalue weighted by atomic mass is 16.5. The van der Waals surface area contributed by atoms with Crippen LogP contribution in [-0.4, -0.2) is 26.4 Å². The maximum Gasteiger partial charge on any atom is 0.129 e. The summed E-state index contributed by atoms with van der Waals surface area (Å²) in [6.07, 6.45) is 2.17. The van der Waals surface area contributed by atoms with Crippen molar-refractivity contribution in [3.05, 3.63) is 23.7 Å². The van der Waals surface area contributed by atoms with E-state index >= 15 is 0 Å². The topological polar surface area (TPSA) is 43.6 Å². The van der Waals surface area contributed by atoms with E-state index in [4.69, 9.17) is 13.9 Å². The van der Waals surface area contributed by atoms with Gasteiger partial charge < -0.3 is 19.2 Å². The maximum atomic E-state index is 5.86. The van der Waals surface area contributed by atoms with Gasteiger partial charge in [0.2, 0.25) is 0 Å². The van der Waals surface area contributed by atoms with Crippen LogP contribution in [0.15, 0.2) is 16.5 Å². The van der Waals surface area contributed by atoms with Gasteiger partial charge in [-0.05, 0) is 38.9 Å². The van der Waals surface area contributed by atoms with E-state index < -0.39 is 0 Å². The first-order valence-corrected chi connectivity index (χ1v) is 6.08. The van der Waals surface area contributed by atoms with Crippen LogP contribution in [0.4, 0.5) is 0 Å². The highest BCUT2D eigenvalue weighted by molar-refractivity contribution is 5.14. The Bertz CT molecular complexity index is 355. The molecule has 4 heteroatoms. The first-order valence-electron chi connectivity index (χ1n) is 6.08. The molecule has 0 aromatic carbocycles. The molecule has 1 aromatic rings. The summed E-state index contributed by atoms with van der Waals surface area (Å²) in [5, 5.41) is 3.30. The summed E-state index contributed by atoms with van der Waals surface area (Å²) >= 11 is 0. The van der Waals surface area contributed by atoms with E-state index in [0.29, 0.717) is 6.61 Å². The van der Waals surface area contributed by atoms with Gasteiger partial charge in [-0.2, -0.15) is 0 Å². The zero-order valence-corrected chi connectivity index (χ0v) is 10.8. The fraction of sp³-hybridized carbons (Fsp3) is 0.692. The van der Waals surface area contributed by atoms with E-state index in [0.717, 1.165) is 31.0 Å². The Morgan fingerprint density at radius 3 is 2.94 bits per heavy atom. The minimum Gasteiger partial charge on any atom is -0.462 e. The van der Waals surface area contributed by atoms with Gasteiger partial charge in [-0.15, -0.1) is 0 Å². The summed E-state index contributed by atoms with van der Waals surface area (Å²) in [6.45, 7) is 3.48. The SMILES string of the molecule is CNC(c1ccc(COC)o1)C1(C)CCCO1. The van der Waals surface area contributed by atoms with E-state index in [2.05, 4.69) is 12.2 Å². The van der Waals surface area contributed by atoms with E-state index in [1.165, 1.54) is 0 Å². The van der Waals surface area contributed by atoms with Crippen molar-refractivity contribution in [2.45, 2.75) is 38.0 Å². The van der Waals surface area contributed by atoms with Gasteiger partial charge in [0.05, 0.1) is 11.6 Å². The number of likely N-dealkylation sites (N-methyl/N-ethyl adjacent to an activating group) is 1. The van der Waals surface area contributed by atoms with Crippen LogP contribution in [-0.2, 0) is 16.1 Å². The van der Waals surface area contributed by atoms with Crippen LogP contribution < -0.4 is 5.32 Å². The van der Waals surface area contributed by atoms with E-state index in [9.17, 15) is 0 Å². The van der Waals surface area contributed by atoms with Crippen molar-refractivity contribution < 1.29 is 13.9 Å². The van der Waals surface area contributed by atoms with Crippen molar-refractivity contribution in [1.82, 2.24) is 5.32 Å². The minimum absolute atomic E-state index is 0.0932. The van der Waals surface area contributed by atoms with Gasteiger partial charge in [0, 0.05) is 13.7 Å². The van der Waals surface area contributed by atoms with Gasteiger partial charge in [-0.3, -0.25) is 0 Å². The molecule has 2 heterocycles. The van der Waals surface area contributed by atoms with Crippen molar-refractivity contribution in [2.24, 2.45) is 0 Å². The van der Waals surface area contributed by atoms with Gasteiger partial charge >= 0.3 is 0 Å². The van der Waals surface area contributed by atoms with Crippen LogP contribution in [0, 0.1) is 0 Å². The number of nitrogens with one attached hydrogen (secondary N) is 1. The molecular formula is C13H21NO3. The molecule has 0 spiro atoms. The van der Waals surface area contributed by atoms with E-state index in [1.54, 1.807) is 7.11 Å². The summed E-state index contributed by atoms with van der Waals surface area (Å²) in [5.41, 5.74) is -0.170. The number of rotatable bonds is 5. The van der Waals surface area contributed by atoms with Gasteiger partial charge in [0.25, 0.3) is 0 Å². The van der Waals surface area contributed by atoms with Crippen LogP contribution in [0.2, 0.25) is 0 Å². The lowest BCUT2D eigenvalue weighted by Crippen LogP contribution is -2.39. The molecule has 1 aliphatic heterocycles. The maximum absolute atomic E-state index is 5.86. The summed E-state index contributed by atoms with van der Waals surface area (Å²) in [5.74, 6) is 1.77.